The number of nitrogens with zero attached hydrogens (tertiary/aromatic N) is 1. The van der Waals surface area contributed by atoms with Crippen molar-refractivity contribution in [3.05, 3.63) is 0 Å². The van der Waals surface area contributed by atoms with E-state index in [0.717, 1.165) is 4.90 Å². The summed E-state index contributed by atoms with van der Waals surface area (Å²) in [5.74, 6) is -0.723. The largest absolute Gasteiger partial charge is 0.345 e. The minimum absolute atomic E-state index is 0.0688. The first-order valence-electron chi connectivity index (χ1n) is 4.37. The van der Waals surface area contributed by atoms with Gasteiger partial charge in [-0.1, -0.05) is 0 Å². The smallest absolute Gasteiger partial charge is 0.255 e. The molecule has 0 aromatic heterocycles. The first-order valence-corrected chi connectivity index (χ1v) is 4.37. The lowest BCUT2D eigenvalue weighted by atomic mass is 10.3. The highest BCUT2D eigenvalue weighted by atomic mass is 19.3. The number of hydrogen-bond acceptors (Lipinski definition) is 2. The molecule has 14 heavy (non-hydrogen) atoms. The van der Waals surface area contributed by atoms with Crippen LogP contribution in [-0.2, 0) is 9.59 Å². The van der Waals surface area contributed by atoms with Gasteiger partial charge >= 0.3 is 0 Å². The summed E-state index contributed by atoms with van der Waals surface area (Å²) in [6.07, 6.45) is -2.47. The zero-order valence-electron chi connectivity index (χ0n) is 7.80. The van der Waals surface area contributed by atoms with Gasteiger partial charge in [0.05, 0.1) is 6.54 Å². The molecule has 80 valence electrons. The molecule has 1 atom stereocenters. The lowest BCUT2D eigenvalue weighted by Crippen LogP contribution is -2.44. The first kappa shape index (κ1) is 10.9. The number of halogens is 2. The fourth-order valence-corrected chi connectivity index (χ4v) is 1.34. The van der Waals surface area contributed by atoms with E-state index in [1.807, 2.05) is 0 Å². The van der Waals surface area contributed by atoms with E-state index in [2.05, 4.69) is 5.32 Å². The highest BCUT2D eigenvalue weighted by Crippen LogP contribution is 2.06. The Balaban J connectivity index is 2.65. The summed E-state index contributed by atoms with van der Waals surface area (Å²) in [6.45, 7) is 0.960. The summed E-state index contributed by atoms with van der Waals surface area (Å²) < 4.78 is 24.1. The summed E-state index contributed by atoms with van der Waals surface area (Å²) in [6, 6.07) is -0.705. The fourth-order valence-electron chi connectivity index (χ4n) is 1.34. The van der Waals surface area contributed by atoms with Crippen LogP contribution in [0.5, 0.6) is 0 Å². The van der Waals surface area contributed by atoms with Crippen molar-refractivity contribution in [2.75, 3.05) is 13.1 Å². The van der Waals surface area contributed by atoms with E-state index >= 15 is 0 Å². The van der Waals surface area contributed by atoms with Crippen LogP contribution in [0.3, 0.4) is 0 Å². The Kier molecular flexibility index (Phi) is 3.38. The molecule has 0 saturated carbocycles. The molecule has 1 aliphatic rings. The van der Waals surface area contributed by atoms with Crippen LogP contribution in [-0.4, -0.2) is 42.3 Å². The Bertz CT molecular complexity index is 245. The molecule has 2 amide bonds. The monoisotopic (exact) mass is 206 g/mol. The second-order valence-electron chi connectivity index (χ2n) is 3.21. The number of hydrogen-bond donors (Lipinski definition) is 1. The summed E-state index contributed by atoms with van der Waals surface area (Å²) in [5.41, 5.74) is 0. The van der Waals surface area contributed by atoms with Gasteiger partial charge in [-0.15, -0.1) is 0 Å². The molecule has 1 unspecified atom stereocenters. The Labute approximate surface area is 80.3 Å². The minimum atomic E-state index is -2.56. The third-order valence-electron chi connectivity index (χ3n) is 2.03. The maximum atomic E-state index is 12.1. The molecule has 4 nitrogen and oxygen atoms in total. The van der Waals surface area contributed by atoms with Crippen LogP contribution >= 0.6 is 0 Å². The number of rotatable bonds is 2. The standard InChI is InChI=1S/C8H12F2N2O2/c1-5-8(14)12(4-6(9)10)3-2-7(13)11-5/h5-6H,2-4H2,1H3,(H,11,13). The molecule has 1 saturated heterocycles. The van der Waals surface area contributed by atoms with Gasteiger partial charge in [0.2, 0.25) is 11.8 Å². The SMILES string of the molecule is CC1NC(=O)CCN(CC(F)F)C1=O. The molecule has 0 aromatic carbocycles. The number of carbonyl (C=O) groups is 2. The van der Waals surface area contributed by atoms with Gasteiger partial charge in [-0.25, -0.2) is 8.78 Å². The van der Waals surface area contributed by atoms with Crippen LogP contribution in [0.2, 0.25) is 0 Å². The molecule has 1 aliphatic heterocycles. The summed E-state index contributed by atoms with van der Waals surface area (Å²) in [7, 11) is 0. The maximum Gasteiger partial charge on any atom is 0.255 e. The van der Waals surface area contributed by atoms with Gasteiger partial charge in [0, 0.05) is 13.0 Å². The second-order valence-corrected chi connectivity index (χ2v) is 3.21. The van der Waals surface area contributed by atoms with Crippen LogP contribution in [0, 0.1) is 0 Å². The number of carbonyl (C=O) groups excluding carboxylic acids is 2. The van der Waals surface area contributed by atoms with Crippen LogP contribution in [0.25, 0.3) is 0 Å². The molecule has 0 aromatic rings. The van der Waals surface area contributed by atoms with Gasteiger partial charge in [-0.2, -0.15) is 0 Å². The van der Waals surface area contributed by atoms with Crippen LogP contribution in [0.15, 0.2) is 0 Å². The molecular formula is C8H12F2N2O2. The maximum absolute atomic E-state index is 12.1. The Morgan fingerprint density at radius 2 is 2.21 bits per heavy atom. The predicted octanol–water partition coefficient (Wildman–Crippen LogP) is -0.0115. The number of alkyl halides is 2. The third-order valence-corrected chi connectivity index (χ3v) is 2.03. The van der Waals surface area contributed by atoms with Crippen molar-refractivity contribution in [1.82, 2.24) is 10.2 Å². The lowest BCUT2D eigenvalue weighted by molar-refractivity contribution is -0.134. The summed E-state index contributed by atoms with van der Waals surface area (Å²) >= 11 is 0. The second kappa shape index (κ2) is 4.34. The zero-order valence-corrected chi connectivity index (χ0v) is 7.80. The van der Waals surface area contributed by atoms with Crippen LogP contribution < -0.4 is 5.32 Å². The van der Waals surface area contributed by atoms with Crippen LogP contribution in [0.1, 0.15) is 13.3 Å². The third kappa shape index (κ3) is 2.65. The van der Waals surface area contributed by atoms with E-state index < -0.39 is 24.9 Å². The van der Waals surface area contributed by atoms with Gasteiger partial charge in [0.1, 0.15) is 6.04 Å². The molecule has 1 N–H and O–H groups in total. The fraction of sp³-hybridized carbons (Fsp3) is 0.750. The van der Waals surface area contributed by atoms with Gasteiger partial charge in [-0.3, -0.25) is 9.59 Å². The summed E-state index contributed by atoms with van der Waals surface area (Å²) in [5, 5.41) is 2.42. The minimum Gasteiger partial charge on any atom is -0.345 e. The molecule has 0 aliphatic carbocycles. The van der Waals surface area contributed by atoms with E-state index in [4.69, 9.17) is 0 Å². The van der Waals surface area contributed by atoms with Crippen molar-refractivity contribution in [2.45, 2.75) is 25.8 Å². The molecule has 0 radical (unpaired) electrons. The van der Waals surface area contributed by atoms with Crippen molar-refractivity contribution >= 4 is 11.8 Å². The van der Waals surface area contributed by atoms with Gasteiger partial charge in [-0.05, 0) is 6.92 Å². The molecule has 0 bridgehead atoms. The topological polar surface area (TPSA) is 49.4 Å². The van der Waals surface area contributed by atoms with Crippen molar-refractivity contribution in [2.24, 2.45) is 0 Å². The lowest BCUT2D eigenvalue weighted by Gasteiger charge is -2.21. The average molecular weight is 206 g/mol. The van der Waals surface area contributed by atoms with E-state index in [9.17, 15) is 18.4 Å². The average Bonchev–Trinajstić information content (AvgIpc) is 2.18. The molecule has 1 fully saturated rings. The van der Waals surface area contributed by atoms with E-state index in [1.165, 1.54) is 6.92 Å². The zero-order chi connectivity index (χ0) is 10.7. The molecular weight excluding hydrogens is 194 g/mol. The Morgan fingerprint density at radius 3 is 2.79 bits per heavy atom. The summed E-state index contributed by atoms with van der Waals surface area (Å²) in [4.78, 5) is 23.4. The number of amides is 2. The van der Waals surface area contributed by atoms with E-state index in [-0.39, 0.29) is 18.9 Å². The predicted molar refractivity (Wildman–Crippen MR) is 44.8 cm³/mol. The van der Waals surface area contributed by atoms with Crippen LogP contribution in [0.4, 0.5) is 8.78 Å². The van der Waals surface area contributed by atoms with E-state index in [0.29, 0.717) is 0 Å². The van der Waals surface area contributed by atoms with Gasteiger partial charge in [0.15, 0.2) is 0 Å². The Morgan fingerprint density at radius 1 is 1.57 bits per heavy atom. The molecule has 1 rings (SSSR count). The molecule has 0 spiro atoms. The number of nitrogens with one attached hydrogen (secondary N) is 1. The van der Waals surface area contributed by atoms with Crippen molar-refractivity contribution in [3.63, 3.8) is 0 Å². The van der Waals surface area contributed by atoms with Gasteiger partial charge < -0.3 is 10.2 Å². The van der Waals surface area contributed by atoms with Crippen molar-refractivity contribution < 1.29 is 18.4 Å². The normalized spacial score (nSPS) is 23.7. The van der Waals surface area contributed by atoms with Crippen molar-refractivity contribution in [3.8, 4) is 0 Å². The first-order chi connectivity index (χ1) is 6.50. The van der Waals surface area contributed by atoms with Gasteiger partial charge in [0.25, 0.3) is 6.43 Å². The van der Waals surface area contributed by atoms with Crippen molar-refractivity contribution in [1.29, 1.82) is 0 Å². The quantitative estimate of drug-likeness (QED) is 0.690. The highest BCUT2D eigenvalue weighted by molar-refractivity contribution is 5.89. The molecule has 1 heterocycles. The van der Waals surface area contributed by atoms with E-state index in [1.54, 1.807) is 0 Å². The Hall–Kier alpha value is -1.20. The highest BCUT2D eigenvalue weighted by Gasteiger charge is 2.27. The molecule has 6 heteroatoms.